The molecule has 0 bridgehead atoms. The average Bonchev–Trinajstić information content (AvgIpc) is 2.73. The Bertz CT molecular complexity index is 701. The van der Waals surface area contributed by atoms with Gasteiger partial charge in [-0.25, -0.2) is 4.79 Å². The highest BCUT2D eigenvalue weighted by atomic mass is 16.5. The lowest BCUT2D eigenvalue weighted by atomic mass is 10.2. The number of urea groups is 1. The third-order valence-corrected chi connectivity index (χ3v) is 4.52. The molecule has 1 aliphatic heterocycles. The van der Waals surface area contributed by atoms with E-state index in [4.69, 9.17) is 9.47 Å². The van der Waals surface area contributed by atoms with Crippen LogP contribution in [0.2, 0.25) is 0 Å². The third-order valence-electron chi connectivity index (χ3n) is 4.52. The lowest BCUT2D eigenvalue weighted by Gasteiger charge is -2.34. The van der Waals surface area contributed by atoms with Gasteiger partial charge in [-0.1, -0.05) is 0 Å². The molecule has 3 rings (SSSR count). The SMILES string of the molecule is COc1ccc(OCCNC(=O)N2CCN(Cc3ccncc3)CC2)cc1. The summed E-state index contributed by atoms with van der Waals surface area (Å²) in [5, 5.41) is 2.92. The van der Waals surface area contributed by atoms with Crippen molar-refractivity contribution >= 4 is 6.03 Å². The monoisotopic (exact) mass is 370 g/mol. The highest BCUT2D eigenvalue weighted by Crippen LogP contribution is 2.16. The minimum absolute atomic E-state index is 0.0307. The van der Waals surface area contributed by atoms with Crippen LogP contribution in [0.4, 0.5) is 4.79 Å². The van der Waals surface area contributed by atoms with Gasteiger partial charge < -0.3 is 19.7 Å². The van der Waals surface area contributed by atoms with E-state index in [0.717, 1.165) is 44.2 Å². The summed E-state index contributed by atoms with van der Waals surface area (Å²) in [6, 6.07) is 11.4. The summed E-state index contributed by atoms with van der Waals surface area (Å²) in [6.07, 6.45) is 3.63. The van der Waals surface area contributed by atoms with Gasteiger partial charge in [0, 0.05) is 45.1 Å². The molecule has 144 valence electrons. The van der Waals surface area contributed by atoms with E-state index >= 15 is 0 Å². The second-order valence-electron chi connectivity index (χ2n) is 6.37. The standard InChI is InChI=1S/C20H26N4O3/c1-26-18-2-4-19(5-3-18)27-15-10-22-20(25)24-13-11-23(12-14-24)16-17-6-8-21-9-7-17/h2-9H,10-16H2,1H3,(H,22,25). The Hall–Kier alpha value is -2.80. The first kappa shape index (κ1) is 19.0. The van der Waals surface area contributed by atoms with E-state index in [9.17, 15) is 4.79 Å². The van der Waals surface area contributed by atoms with Crippen molar-refractivity contribution in [2.45, 2.75) is 6.54 Å². The lowest BCUT2D eigenvalue weighted by molar-refractivity contribution is 0.134. The number of aromatic nitrogens is 1. The minimum Gasteiger partial charge on any atom is -0.497 e. The maximum absolute atomic E-state index is 12.3. The number of piperazine rings is 1. The molecular weight excluding hydrogens is 344 g/mol. The third kappa shape index (κ3) is 5.86. The smallest absolute Gasteiger partial charge is 0.317 e. The summed E-state index contributed by atoms with van der Waals surface area (Å²) in [7, 11) is 1.63. The van der Waals surface area contributed by atoms with Crippen LogP contribution in [-0.4, -0.2) is 67.3 Å². The number of ether oxygens (including phenoxy) is 2. The highest BCUT2D eigenvalue weighted by Gasteiger charge is 2.20. The van der Waals surface area contributed by atoms with E-state index in [1.165, 1.54) is 5.56 Å². The predicted octanol–water partition coefficient (Wildman–Crippen LogP) is 2.00. The van der Waals surface area contributed by atoms with Gasteiger partial charge in [-0.3, -0.25) is 9.88 Å². The molecule has 2 amide bonds. The van der Waals surface area contributed by atoms with Crippen LogP contribution >= 0.6 is 0 Å². The first-order valence-corrected chi connectivity index (χ1v) is 9.15. The van der Waals surface area contributed by atoms with Crippen molar-refractivity contribution in [2.24, 2.45) is 0 Å². The van der Waals surface area contributed by atoms with Gasteiger partial charge >= 0.3 is 6.03 Å². The Labute approximate surface area is 159 Å². The van der Waals surface area contributed by atoms with Crippen molar-refractivity contribution in [1.82, 2.24) is 20.1 Å². The average molecular weight is 370 g/mol. The highest BCUT2D eigenvalue weighted by molar-refractivity contribution is 5.74. The van der Waals surface area contributed by atoms with Crippen molar-refractivity contribution in [2.75, 3.05) is 46.4 Å². The number of carbonyl (C=O) groups excluding carboxylic acids is 1. The Morgan fingerprint density at radius 2 is 1.70 bits per heavy atom. The Kier molecular flexibility index (Phi) is 6.87. The molecule has 0 spiro atoms. The van der Waals surface area contributed by atoms with Crippen molar-refractivity contribution in [3.8, 4) is 11.5 Å². The van der Waals surface area contributed by atoms with Gasteiger partial charge in [-0.2, -0.15) is 0 Å². The predicted molar refractivity (Wildman–Crippen MR) is 103 cm³/mol. The number of hydrogen-bond acceptors (Lipinski definition) is 5. The van der Waals surface area contributed by atoms with Gasteiger partial charge in [0.2, 0.25) is 0 Å². The molecule has 0 saturated carbocycles. The summed E-state index contributed by atoms with van der Waals surface area (Å²) in [5.74, 6) is 1.55. The molecule has 1 aliphatic rings. The topological polar surface area (TPSA) is 66.9 Å². The zero-order valence-corrected chi connectivity index (χ0v) is 15.6. The first-order valence-electron chi connectivity index (χ1n) is 9.15. The molecule has 0 aliphatic carbocycles. The molecule has 1 aromatic carbocycles. The van der Waals surface area contributed by atoms with E-state index in [1.54, 1.807) is 7.11 Å². The molecule has 0 atom stereocenters. The molecule has 0 radical (unpaired) electrons. The maximum atomic E-state index is 12.3. The number of methoxy groups -OCH3 is 1. The molecule has 1 fully saturated rings. The quantitative estimate of drug-likeness (QED) is 0.755. The normalized spacial score (nSPS) is 14.6. The second-order valence-corrected chi connectivity index (χ2v) is 6.37. The molecule has 2 aromatic rings. The van der Waals surface area contributed by atoms with Crippen molar-refractivity contribution in [3.05, 3.63) is 54.4 Å². The van der Waals surface area contributed by atoms with Gasteiger partial charge in [0.1, 0.15) is 18.1 Å². The molecule has 1 N–H and O–H groups in total. The molecule has 1 aromatic heterocycles. The summed E-state index contributed by atoms with van der Waals surface area (Å²) in [5.41, 5.74) is 1.25. The van der Waals surface area contributed by atoms with E-state index in [0.29, 0.717) is 13.2 Å². The van der Waals surface area contributed by atoms with E-state index in [2.05, 4.69) is 15.2 Å². The van der Waals surface area contributed by atoms with Crippen LogP contribution in [0, 0.1) is 0 Å². The van der Waals surface area contributed by atoms with Crippen molar-refractivity contribution in [1.29, 1.82) is 0 Å². The summed E-state index contributed by atoms with van der Waals surface area (Å²) in [6.45, 7) is 5.01. The van der Waals surface area contributed by atoms with Crippen molar-refractivity contribution in [3.63, 3.8) is 0 Å². The van der Waals surface area contributed by atoms with Crippen molar-refractivity contribution < 1.29 is 14.3 Å². The van der Waals surface area contributed by atoms with Crippen LogP contribution in [-0.2, 0) is 6.54 Å². The number of carbonyl (C=O) groups is 1. The maximum Gasteiger partial charge on any atom is 0.317 e. The molecule has 7 heteroatoms. The van der Waals surface area contributed by atoms with Crippen LogP contribution in [0.25, 0.3) is 0 Å². The zero-order chi connectivity index (χ0) is 18.9. The Balaban J connectivity index is 1.32. The molecule has 1 saturated heterocycles. The van der Waals surface area contributed by atoms with Crippen LogP contribution in [0.5, 0.6) is 11.5 Å². The molecular formula is C20H26N4O3. The number of rotatable bonds is 7. The Morgan fingerprint density at radius 1 is 1.04 bits per heavy atom. The van der Waals surface area contributed by atoms with Crippen LogP contribution in [0.3, 0.4) is 0 Å². The molecule has 2 heterocycles. The van der Waals surface area contributed by atoms with Gasteiger partial charge in [0.15, 0.2) is 0 Å². The van der Waals surface area contributed by atoms with E-state index in [1.807, 2.05) is 53.7 Å². The van der Waals surface area contributed by atoms with E-state index < -0.39 is 0 Å². The van der Waals surface area contributed by atoms with E-state index in [-0.39, 0.29) is 6.03 Å². The summed E-state index contributed by atoms with van der Waals surface area (Å²) >= 11 is 0. The minimum atomic E-state index is -0.0307. The number of amides is 2. The van der Waals surface area contributed by atoms with Gasteiger partial charge in [0.25, 0.3) is 0 Å². The van der Waals surface area contributed by atoms with Gasteiger partial charge in [0.05, 0.1) is 13.7 Å². The van der Waals surface area contributed by atoms with Crippen LogP contribution < -0.4 is 14.8 Å². The number of pyridine rings is 1. The fraction of sp³-hybridized carbons (Fsp3) is 0.400. The summed E-state index contributed by atoms with van der Waals surface area (Å²) < 4.78 is 10.7. The largest absolute Gasteiger partial charge is 0.497 e. The summed E-state index contributed by atoms with van der Waals surface area (Å²) in [4.78, 5) is 20.5. The number of hydrogen-bond donors (Lipinski definition) is 1. The van der Waals surface area contributed by atoms with Gasteiger partial charge in [-0.15, -0.1) is 0 Å². The number of nitrogens with one attached hydrogen (secondary N) is 1. The van der Waals surface area contributed by atoms with Gasteiger partial charge in [-0.05, 0) is 42.0 Å². The molecule has 27 heavy (non-hydrogen) atoms. The fourth-order valence-electron chi connectivity index (χ4n) is 2.97. The first-order chi connectivity index (χ1) is 13.2. The lowest BCUT2D eigenvalue weighted by Crippen LogP contribution is -2.51. The second kappa shape index (κ2) is 9.78. The zero-order valence-electron chi connectivity index (χ0n) is 15.6. The molecule has 7 nitrogen and oxygen atoms in total. The van der Waals surface area contributed by atoms with Crippen LogP contribution in [0.1, 0.15) is 5.56 Å². The fourth-order valence-corrected chi connectivity index (χ4v) is 2.97. The Morgan fingerprint density at radius 3 is 2.37 bits per heavy atom. The number of nitrogens with zero attached hydrogens (tertiary/aromatic N) is 3. The number of benzene rings is 1. The molecule has 0 unspecified atom stereocenters. The van der Waals surface area contributed by atoms with Crippen LogP contribution in [0.15, 0.2) is 48.8 Å².